The van der Waals surface area contributed by atoms with Gasteiger partial charge < -0.3 is 5.32 Å². The lowest BCUT2D eigenvalue weighted by Gasteiger charge is -2.42. The molecule has 0 aromatic heterocycles. The smallest absolute Gasteiger partial charge is 0.0244 e. The summed E-state index contributed by atoms with van der Waals surface area (Å²) < 4.78 is 0. The number of piperazine rings is 1. The standard InChI is InChI=1S/C16H32N2S/c1-13(2)16-11-17-15(14-7-8-14)12-18(16)9-5-4-6-10-19-3/h13-17H,4-12H2,1-3H3. The van der Waals surface area contributed by atoms with Crippen molar-refractivity contribution in [2.75, 3.05) is 31.6 Å². The molecule has 1 heterocycles. The maximum absolute atomic E-state index is 3.81. The van der Waals surface area contributed by atoms with Crippen molar-refractivity contribution in [1.82, 2.24) is 10.2 Å². The molecule has 112 valence electrons. The fraction of sp³-hybridized carbons (Fsp3) is 1.00. The van der Waals surface area contributed by atoms with E-state index in [1.54, 1.807) is 0 Å². The van der Waals surface area contributed by atoms with Crippen LogP contribution < -0.4 is 5.32 Å². The molecule has 2 aliphatic rings. The Balaban J connectivity index is 1.74. The van der Waals surface area contributed by atoms with Gasteiger partial charge in [0.25, 0.3) is 0 Å². The van der Waals surface area contributed by atoms with Crippen LogP contribution in [0.5, 0.6) is 0 Å². The van der Waals surface area contributed by atoms with Crippen LogP contribution >= 0.6 is 11.8 Å². The summed E-state index contributed by atoms with van der Waals surface area (Å²) in [6.07, 6.45) is 9.33. The molecule has 2 fully saturated rings. The Morgan fingerprint density at radius 2 is 2.00 bits per heavy atom. The van der Waals surface area contributed by atoms with Crippen LogP contribution in [0.15, 0.2) is 0 Å². The van der Waals surface area contributed by atoms with Gasteiger partial charge in [0.1, 0.15) is 0 Å². The Morgan fingerprint density at radius 3 is 2.63 bits per heavy atom. The Kier molecular flexibility index (Phi) is 6.51. The Hall–Kier alpha value is 0.270. The zero-order chi connectivity index (χ0) is 13.7. The van der Waals surface area contributed by atoms with Crippen molar-refractivity contribution in [1.29, 1.82) is 0 Å². The van der Waals surface area contributed by atoms with Gasteiger partial charge >= 0.3 is 0 Å². The van der Waals surface area contributed by atoms with Crippen molar-refractivity contribution in [2.24, 2.45) is 11.8 Å². The summed E-state index contributed by atoms with van der Waals surface area (Å²) in [5.41, 5.74) is 0. The highest BCUT2D eigenvalue weighted by Gasteiger charge is 2.37. The van der Waals surface area contributed by atoms with Gasteiger partial charge in [-0.05, 0) is 56.1 Å². The lowest BCUT2D eigenvalue weighted by Crippen LogP contribution is -2.59. The number of rotatable bonds is 8. The minimum absolute atomic E-state index is 0.760. The first-order chi connectivity index (χ1) is 9.22. The molecule has 1 aliphatic carbocycles. The van der Waals surface area contributed by atoms with Crippen LogP contribution in [-0.4, -0.2) is 48.6 Å². The van der Waals surface area contributed by atoms with Crippen molar-refractivity contribution in [3.63, 3.8) is 0 Å². The van der Waals surface area contributed by atoms with Crippen LogP contribution in [0.1, 0.15) is 46.0 Å². The molecule has 2 rings (SSSR count). The second-order valence-corrected chi connectivity index (χ2v) is 7.70. The van der Waals surface area contributed by atoms with E-state index in [1.165, 1.54) is 57.5 Å². The summed E-state index contributed by atoms with van der Waals surface area (Å²) in [5, 5.41) is 3.81. The number of thioether (sulfide) groups is 1. The van der Waals surface area contributed by atoms with E-state index in [0.29, 0.717) is 0 Å². The van der Waals surface area contributed by atoms with E-state index < -0.39 is 0 Å². The molecule has 0 radical (unpaired) electrons. The molecule has 0 spiro atoms. The lowest BCUT2D eigenvalue weighted by atomic mass is 9.96. The van der Waals surface area contributed by atoms with E-state index in [2.05, 4.69) is 30.3 Å². The number of nitrogens with zero attached hydrogens (tertiary/aromatic N) is 1. The first-order valence-electron chi connectivity index (χ1n) is 8.18. The molecule has 2 atom stereocenters. The van der Waals surface area contributed by atoms with E-state index in [9.17, 15) is 0 Å². The third-order valence-corrected chi connectivity index (χ3v) is 5.44. The van der Waals surface area contributed by atoms with Crippen LogP contribution in [0.25, 0.3) is 0 Å². The number of hydrogen-bond acceptors (Lipinski definition) is 3. The van der Waals surface area contributed by atoms with Crippen LogP contribution in [0.2, 0.25) is 0 Å². The maximum Gasteiger partial charge on any atom is 0.0244 e. The zero-order valence-electron chi connectivity index (χ0n) is 13.0. The summed E-state index contributed by atoms with van der Waals surface area (Å²) in [6, 6.07) is 1.55. The summed E-state index contributed by atoms with van der Waals surface area (Å²) in [5.74, 6) is 3.10. The first kappa shape index (κ1) is 15.7. The van der Waals surface area contributed by atoms with Gasteiger partial charge in [0.05, 0.1) is 0 Å². The van der Waals surface area contributed by atoms with Gasteiger partial charge in [-0.3, -0.25) is 4.90 Å². The Bertz CT molecular complexity index is 253. The molecule has 1 N–H and O–H groups in total. The SMILES string of the molecule is CSCCCCCN1CC(C2CC2)NCC1C(C)C. The average Bonchev–Trinajstić information content (AvgIpc) is 3.22. The van der Waals surface area contributed by atoms with Crippen molar-refractivity contribution < 1.29 is 0 Å². The average molecular weight is 285 g/mol. The molecule has 2 unspecified atom stereocenters. The Morgan fingerprint density at radius 1 is 1.21 bits per heavy atom. The van der Waals surface area contributed by atoms with Crippen LogP contribution in [0.4, 0.5) is 0 Å². The van der Waals surface area contributed by atoms with Crippen molar-refractivity contribution in [3.05, 3.63) is 0 Å². The topological polar surface area (TPSA) is 15.3 Å². The third-order valence-electron chi connectivity index (χ3n) is 4.74. The fourth-order valence-electron chi connectivity index (χ4n) is 3.32. The molecule has 2 nitrogen and oxygen atoms in total. The van der Waals surface area contributed by atoms with E-state index in [-0.39, 0.29) is 0 Å². The van der Waals surface area contributed by atoms with Gasteiger partial charge in [0.15, 0.2) is 0 Å². The number of unbranched alkanes of at least 4 members (excludes halogenated alkanes) is 2. The quantitative estimate of drug-likeness (QED) is 0.689. The molecular weight excluding hydrogens is 252 g/mol. The predicted octanol–water partition coefficient (Wildman–Crippen LogP) is 3.23. The fourth-order valence-corrected chi connectivity index (χ4v) is 3.81. The van der Waals surface area contributed by atoms with Gasteiger partial charge in [0.2, 0.25) is 0 Å². The summed E-state index contributed by atoms with van der Waals surface area (Å²) >= 11 is 1.98. The van der Waals surface area contributed by atoms with Gasteiger partial charge in [-0.15, -0.1) is 0 Å². The van der Waals surface area contributed by atoms with Crippen LogP contribution in [0, 0.1) is 11.8 Å². The highest BCUT2D eigenvalue weighted by Crippen LogP contribution is 2.34. The molecule has 1 saturated carbocycles. The second kappa shape index (κ2) is 7.90. The molecule has 1 saturated heterocycles. The van der Waals surface area contributed by atoms with Crippen LogP contribution in [-0.2, 0) is 0 Å². The molecule has 19 heavy (non-hydrogen) atoms. The first-order valence-corrected chi connectivity index (χ1v) is 9.58. The highest BCUT2D eigenvalue weighted by molar-refractivity contribution is 7.98. The summed E-state index contributed by atoms with van der Waals surface area (Å²) in [4.78, 5) is 2.79. The normalized spacial score (nSPS) is 29.1. The predicted molar refractivity (Wildman–Crippen MR) is 86.9 cm³/mol. The largest absolute Gasteiger partial charge is 0.311 e. The van der Waals surface area contributed by atoms with E-state index in [4.69, 9.17) is 0 Å². The maximum atomic E-state index is 3.81. The summed E-state index contributed by atoms with van der Waals surface area (Å²) in [6.45, 7) is 8.59. The molecule has 3 heteroatoms. The molecule has 0 amide bonds. The third kappa shape index (κ3) is 4.95. The zero-order valence-corrected chi connectivity index (χ0v) is 13.8. The van der Waals surface area contributed by atoms with Crippen LogP contribution in [0.3, 0.4) is 0 Å². The molecule has 0 aromatic rings. The molecule has 0 bridgehead atoms. The highest BCUT2D eigenvalue weighted by atomic mass is 32.2. The lowest BCUT2D eigenvalue weighted by molar-refractivity contribution is 0.0905. The number of hydrogen-bond donors (Lipinski definition) is 1. The van der Waals surface area contributed by atoms with Gasteiger partial charge in [-0.2, -0.15) is 11.8 Å². The number of nitrogens with one attached hydrogen (secondary N) is 1. The molecule has 0 aromatic carbocycles. The van der Waals surface area contributed by atoms with E-state index >= 15 is 0 Å². The van der Waals surface area contributed by atoms with Crippen molar-refractivity contribution >= 4 is 11.8 Å². The van der Waals surface area contributed by atoms with E-state index in [0.717, 1.165) is 23.9 Å². The van der Waals surface area contributed by atoms with Crippen molar-refractivity contribution in [3.8, 4) is 0 Å². The minimum Gasteiger partial charge on any atom is -0.311 e. The summed E-state index contributed by atoms with van der Waals surface area (Å²) in [7, 11) is 0. The Labute approximate surface area is 124 Å². The molecule has 1 aliphatic heterocycles. The van der Waals surface area contributed by atoms with Crippen molar-refractivity contribution in [2.45, 2.75) is 58.0 Å². The van der Waals surface area contributed by atoms with Gasteiger partial charge in [-0.25, -0.2) is 0 Å². The van der Waals surface area contributed by atoms with Gasteiger partial charge in [-0.1, -0.05) is 20.3 Å². The minimum atomic E-state index is 0.760. The second-order valence-electron chi connectivity index (χ2n) is 6.71. The molecular formula is C16H32N2S. The monoisotopic (exact) mass is 284 g/mol. The van der Waals surface area contributed by atoms with E-state index in [1.807, 2.05) is 11.8 Å². The van der Waals surface area contributed by atoms with Gasteiger partial charge in [0, 0.05) is 25.2 Å².